The summed E-state index contributed by atoms with van der Waals surface area (Å²) in [5.74, 6) is -6.73. The molecule has 1 amide bonds. The lowest BCUT2D eigenvalue weighted by Crippen LogP contribution is -2.65. The van der Waals surface area contributed by atoms with Gasteiger partial charge in [0.2, 0.25) is 11.7 Å². The van der Waals surface area contributed by atoms with Gasteiger partial charge < -0.3 is 30.4 Å². The number of aromatic nitrogens is 1. The first-order chi connectivity index (χ1) is 20.8. The number of Topliss-reactive ketones (excluding diaryl/α,β-unsaturated/α-hetero) is 2. The highest BCUT2D eigenvalue weighted by atomic mass is 19.1. The molecule has 3 aliphatic rings. The molecular formula is C32H31FN4O7. The Hall–Kier alpha value is -4.81. The van der Waals surface area contributed by atoms with Crippen molar-refractivity contribution in [3.63, 3.8) is 0 Å². The largest absolute Gasteiger partial charge is 0.508 e. The molecule has 3 aliphatic carbocycles. The molecule has 0 aliphatic heterocycles. The lowest BCUT2D eigenvalue weighted by atomic mass is 9.57. The molecule has 6 rings (SSSR count). The number of hydrogen-bond donors (Lipinski definition) is 4. The zero-order chi connectivity index (χ0) is 31.8. The molecule has 4 atom stereocenters. The standard InChI is InChI=1S/C32H31FN4O7/c1-36(2)20-13-19-28(44-21(35-19)10-9-14-7-5-6-8-18(14)33)23-16(20)11-15-12-17-25(37(3)4)27(39)24(31(34)42)30(41)32(17,43)29(40)22(15)26(23)38/h5-10,13,15,17,25,38,41,43H,11-12H2,1-4H3,(H2,34,42)/b10-9+/t15?,17?,25-,32-/m0/s1. The number of rotatable bonds is 5. The number of ketones is 2. The number of likely N-dealkylation sites (N-methyl/N-ethyl adjacent to an activating group) is 1. The first-order valence-corrected chi connectivity index (χ1v) is 14.0. The van der Waals surface area contributed by atoms with Crippen molar-refractivity contribution in [2.75, 3.05) is 33.1 Å². The van der Waals surface area contributed by atoms with E-state index in [0.717, 1.165) is 0 Å². The summed E-state index contributed by atoms with van der Waals surface area (Å²) in [6.45, 7) is 0. The van der Waals surface area contributed by atoms with E-state index in [1.807, 2.05) is 19.0 Å². The van der Waals surface area contributed by atoms with Crippen molar-refractivity contribution in [2.24, 2.45) is 17.6 Å². The third kappa shape index (κ3) is 4.09. The van der Waals surface area contributed by atoms with E-state index < -0.39 is 63.9 Å². The molecule has 228 valence electrons. The van der Waals surface area contributed by atoms with E-state index in [1.54, 1.807) is 38.4 Å². The summed E-state index contributed by atoms with van der Waals surface area (Å²) in [7, 11) is 6.77. The molecular weight excluding hydrogens is 571 g/mol. The summed E-state index contributed by atoms with van der Waals surface area (Å²) in [5.41, 5.74) is 4.14. The number of oxazole rings is 1. The van der Waals surface area contributed by atoms with E-state index in [1.165, 1.54) is 23.1 Å². The van der Waals surface area contributed by atoms with E-state index in [-0.39, 0.29) is 35.5 Å². The number of amides is 1. The first-order valence-electron chi connectivity index (χ1n) is 14.0. The Balaban J connectivity index is 1.55. The monoisotopic (exact) mass is 602 g/mol. The second-order valence-corrected chi connectivity index (χ2v) is 11.9. The maximum Gasteiger partial charge on any atom is 0.255 e. The van der Waals surface area contributed by atoms with Crippen molar-refractivity contribution < 1.29 is 38.5 Å². The van der Waals surface area contributed by atoms with Crippen LogP contribution in [0.3, 0.4) is 0 Å². The van der Waals surface area contributed by atoms with E-state index >= 15 is 0 Å². The highest BCUT2D eigenvalue weighted by Crippen LogP contribution is 2.53. The predicted octanol–water partition coefficient (Wildman–Crippen LogP) is 2.78. The maximum atomic E-state index is 14.2. The molecule has 1 aromatic heterocycles. The normalized spacial score (nSPS) is 25.1. The van der Waals surface area contributed by atoms with Crippen molar-refractivity contribution in [3.8, 4) is 0 Å². The number of anilines is 1. The van der Waals surface area contributed by atoms with Crippen molar-refractivity contribution in [2.45, 2.75) is 24.5 Å². The number of carbonyl (C=O) groups is 3. The highest BCUT2D eigenvalue weighted by Gasteiger charge is 2.64. The Labute approximate surface area is 251 Å². The van der Waals surface area contributed by atoms with Crippen LogP contribution in [0.15, 0.2) is 51.7 Å². The Bertz CT molecular complexity index is 1870. The highest BCUT2D eigenvalue weighted by molar-refractivity contribution is 6.24. The van der Waals surface area contributed by atoms with Gasteiger partial charge in [-0.3, -0.25) is 19.3 Å². The minimum Gasteiger partial charge on any atom is -0.508 e. The first kappa shape index (κ1) is 29.3. The van der Waals surface area contributed by atoms with Crippen molar-refractivity contribution in [3.05, 3.63) is 75.6 Å². The Morgan fingerprint density at radius 3 is 2.50 bits per heavy atom. The summed E-state index contributed by atoms with van der Waals surface area (Å²) in [6.07, 6.45) is 3.26. The second kappa shape index (κ2) is 10.1. The average Bonchev–Trinajstić information content (AvgIpc) is 3.36. The Kier molecular flexibility index (Phi) is 6.74. The molecule has 0 saturated heterocycles. The van der Waals surface area contributed by atoms with E-state index in [0.29, 0.717) is 22.3 Å². The average molecular weight is 603 g/mol. The minimum absolute atomic E-state index is 0.0314. The number of benzene rings is 2. The van der Waals surface area contributed by atoms with E-state index in [2.05, 4.69) is 4.98 Å². The molecule has 0 spiro atoms. The van der Waals surface area contributed by atoms with Crippen LogP contribution in [0.25, 0.3) is 29.0 Å². The molecule has 1 heterocycles. The lowest BCUT2D eigenvalue weighted by Gasteiger charge is -2.50. The van der Waals surface area contributed by atoms with Gasteiger partial charge in [-0.1, -0.05) is 18.2 Å². The zero-order valence-electron chi connectivity index (χ0n) is 24.5. The van der Waals surface area contributed by atoms with Gasteiger partial charge in [0.15, 0.2) is 17.0 Å². The van der Waals surface area contributed by atoms with Crippen LogP contribution >= 0.6 is 0 Å². The number of nitrogens with two attached hydrogens (primary N) is 1. The fraction of sp³-hybridized carbons (Fsp3) is 0.312. The van der Waals surface area contributed by atoms with Gasteiger partial charge in [-0.05, 0) is 56.6 Å². The van der Waals surface area contributed by atoms with Gasteiger partial charge in [0.05, 0.1) is 11.6 Å². The van der Waals surface area contributed by atoms with Gasteiger partial charge in [-0.15, -0.1) is 0 Å². The number of carbonyl (C=O) groups excluding carboxylic acids is 3. The van der Waals surface area contributed by atoms with E-state index in [9.17, 15) is 34.1 Å². The molecule has 0 radical (unpaired) electrons. The van der Waals surface area contributed by atoms with Crippen molar-refractivity contribution >= 4 is 52.2 Å². The van der Waals surface area contributed by atoms with E-state index in [4.69, 9.17) is 10.2 Å². The Morgan fingerprint density at radius 1 is 1.16 bits per heavy atom. The van der Waals surface area contributed by atoms with Gasteiger partial charge in [-0.2, -0.15) is 0 Å². The second-order valence-electron chi connectivity index (χ2n) is 11.9. The van der Waals surface area contributed by atoms with Crippen LogP contribution in [-0.4, -0.2) is 82.5 Å². The number of nitrogens with zero attached hydrogens (tertiary/aromatic N) is 3. The molecule has 2 aromatic carbocycles. The summed E-state index contributed by atoms with van der Waals surface area (Å²) >= 11 is 0. The number of aliphatic hydroxyl groups is 3. The number of aliphatic hydroxyl groups excluding tert-OH is 2. The molecule has 44 heavy (non-hydrogen) atoms. The summed E-state index contributed by atoms with van der Waals surface area (Å²) in [4.78, 5) is 47.5. The molecule has 0 bridgehead atoms. The topological polar surface area (TPSA) is 170 Å². The van der Waals surface area contributed by atoms with Gasteiger partial charge in [0.25, 0.3) is 5.91 Å². The van der Waals surface area contributed by atoms with Gasteiger partial charge in [-0.25, -0.2) is 9.37 Å². The number of fused-ring (bicyclic) bond motifs is 5. The van der Waals surface area contributed by atoms with Crippen molar-refractivity contribution in [1.29, 1.82) is 0 Å². The molecule has 1 saturated carbocycles. The van der Waals surface area contributed by atoms with Gasteiger partial charge in [0, 0.05) is 42.9 Å². The van der Waals surface area contributed by atoms with Crippen LogP contribution in [-0.2, 0) is 20.8 Å². The zero-order valence-corrected chi connectivity index (χ0v) is 24.5. The van der Waals surface area contributed by atoms with Crippen LogP contribution in [0, 0.1) is 17.7 Å². The minimum atomic E-state index is -2.68. The fourth-order valence-corrected chi connectivity index (χ4v) is 6.94. The molecule has 2 unspecified atom stereocenters. The smallest absolute Gasteiger partial charge is 0.255 e. The third-order valence-electron chi connectivity index (χ3n) is 8.89. The van der Waals surface area contributed by atoms with Crippen LogP contribution in [0.5, 0.6) is 0 Å². The number of halogens is 1. The van der Waals surface area contributed by atoms with Crippen LogP contribution in [0.1, 0.15) is 29.0 Å². The van der Waals surface area contributed by atoms with Crippen LogP contribution < -0.4 is 10.6 Å². The van der Waals surface area contributed by atoms with Crippen LogP contribution in [0.4, 0.5) is 10.1 Å². The molecule has 12 heteroatoms. The summed E-state index contributed by atoms with van der Waals surface area (Å²) < 4.78 is 20.2. The lowest BCUT2D eigenvalue weighted by molar-refractivity contribution is -0.153. The third-order valence-corrected chi connectivity index (χ3v) is 8.89. The fourth-order valence-electron chi connectivity index (χ4n) is 6.94. The maximum absolute atomic E-state index is 14.2. The number of primary amides is 1. The molecule has 11 nitrogen and oxygen atoms in total. The number of hydrogen-bond acceptors (Lipinski definition) is 10. The molecule has 3 aromatic rings. The molecule has 1 fully saturated rings. The van der Waals surface area contributed by atoms with Gasteiger partial charge >= 0.3 is 0 Å². The molecule has 5 N–H and O–H groups in total. The predicted molar refractivity (Wildman–Crippen MR) is 160 cm³/mol. The Morgan fingerprint density at radius 2 is 1.86 bits per heavy atom. The summed E-state index contributed by atoms with van der Waals surface area (Å²) in [5, 5.41) is 34.7. The van der Waals surface area contributed by atoms with Crippen molar-refractivity contribution in [1.82, 2.24) is 9.88 Å². The summed E-state index contributed by atoms with van der Waals surface area (Å²) in [6, 6.07) is 6.84. The van der Waals surface area contributed by atoms with Crippen LogP contribution in [0.2, 0.25) is 0 Å². The SMILES string of the molecule is CN(C)c1cc2nc(/C=C/c3ccccc3F)oc2c2c1CC1CC3[C@H](N(C)C)C(=O)C(C(N)=O)=C(O)[C@@]3(O)C(=O)C1=C2O. The van der Waals surface area contributed by atoms with Gasteiger partial charge in [0.1, 0.15) is 28.4 Å². The quantitative estimate of drug-likeness (QED) is 0.319.